The molecule has 0 spiro atoms. The maximum absolute atomic E-state index is 7.19. The number of rotatable bonds is 1. The van der Waals surface area contributed by atoms with Gasteiger partial charge < -0.3 is 4.74 Å². The third kappa shape index (κ3) is 1.15. The van der Waals surface area contributed by atoms with Gasteiger partial charge in [-0.25, -0.2) is 0 Å². The first-order chi connectivity index (χ1) is 4.74. The summed E-state index contributed by atoms with van der Waals surface area (Å²) in [6.07, 6.45) is 1.77. The minimum Gasteiger partial charge on any atom is -0.480 e. The Balaban J connectivity index is 2.85. The molecule has 4 heteroatoms. The van der Waals surface area contributed by atoms with Crippen molar-refractivity contribution in [2.45, 2.75) is 0 Å². The number of aromatic nitrogens is 2. The van der Waals surface area contributed by atoms with Crippen molar-refractivity contribution in [1.29, 1.82) is 5.41 Å². The van der Waals surface area contributed by atoms with Crippen molar-refractivity contribution in [1.82, 2.24) is 9.78 Å². The van der Waals surface area contributed by atoms with Gasteiger partial charge in [-0.15, -0.1) is 0 Å². The van der Waals surface area contributed by atoms with Crippen LogP contribution in [0.25, 0.3) is 0 Å². The Morgan fingerprint density at radius 2 is 2.50 bits per heavy atom. The van der Waals surface area contributed by atoms with Gasteiger partial charge in [-0.05, 0) is 6.07 Å². The zero-order valence-corrected chi connectivity index (χ0v) is 5.96. The largest absolute Gasteiger partial charge is 0.480 e. The first-order valence-corrected chi connectivity index (χ1v) is 2.86. The summed E-state index contributed by atoms with van der Waals surface area (Å²) < 4.78 is 6.28. The SMILES string of the molecule is COC(=N)c1ccn(C)n1. The highest BCUT2D eigenvalue weighted by atomic mass is 16.5. The minimum absolute atomic E-state index is 0.0978. The standard InChI is InChI=1S/C6H9N3O/c1-9-4-3-5(8-9)6(7)10-2/h3-4,7H,1-2H3. The van der Waals surface area contributed by atoms with E-state index in [0.717, 1.165) is 0 Å². The van der Waals surface area contributed by atoms with E-state index < -0.39 is 0 Å². The zero-order chi connectivity index (χ0) is 7.56. The molecule has 0 aliphatic carbocycles. The van der Waals surface area contributed by atoms with Gasteiger partial charge in [-0.2, -0.15) is 5.10 Å². The van der Waals surface area contributed by atoms with E-state index in [0.29, 0.717) is 5.69 Å². The quantitative estimate of drug-likeness (QED) is 0.452. The Morgan fingerprint density at radius 3 is 2.90 bits per heavy atom. The molecule has 0 atom stereocenters. The molecule has 0 aliphatic heterocycles. The predicted octanol–water partition coefficient (Wildman–Crippen LogP) is 0.392. The molecule has 1 aromatic rings. The van der Waals surface area contributed by atoms with E-state index >= 15 is 0 Å². The second kappa shape index (κ2) is 2.51. The molecule has 0 radical (unpaired) electrons. The first-order valence-electron chi connectivity index (χ1n) is 2.86. The molecule has 10 heavy (non-hydrogen) atoms. The smallest absolute Gasteiger partial charge is 0.234 e. The van der Waals surface area contributed by atoms with Crippen molar-refractivity contribution in [2.75, 3.05) is 7.11 Å². The van der Waals surface area contributed by atoms with E-state index in [2.05, 4.69) is 9.84 Å². The van der Waals surface area contributed by atoms with Crippen LogP contribution in [-0.4, -0.2) is 22.8 Å². The average molecular weight is 139 g/mol. The van der Waals surface area contributed by atoms with Crippen LogP contribution in [0.3, 0.4) is 0 Å². The molecular weight excluding hydrogens is 130 g/mol. The van der Waals surface area contributed by atoms with E-state index in [1.165, 1.54) is 7.11 Å². The highest BCUT2D eigenvalue weighted by molar-refractivity contribution is 5.89. The Hall–Kier alpha value is -1.32. The molecule has 0 saturated carbocycles. The van der Waals surface area contributed by atoms with Gasteiger partial charge in [0, 0.05) is 13.2 Å². The fourth-order valence-corrected chi connectivity index (χ4v) is 0.641. The molecule has 0 bridgehead atoms. The molecule has 0 unspecified atom stereocenters. The molecule has 1 aromatic heterocycles. The van der Waals surface area contributed by atoms with Gasteiger partial charge >= 0.3 is 0 Å². The molecule has 4 nitrogen and oxygen atoms in total. The number of nitrogens with one attached hydrogen (secondary N) is 1. The fourth-order valence-electron chi connectivity index (χ4n) is 0.641. The molecule has 54 valence electrons. The molecule has 1 N–H and O–H groups in total. The maximum Gasteiger partial charge on any atom is 0.234 e. The summed E-state index contributed by atoms with van der Waals surface area (Å²) >= 11 is 0. The van der Waals surface area contributed by atoms with Crippen molar-refractivity contribution in [3.05, 3.63) is 18.0 Å². The highest BCUT2D eigenvalue weighted by Gasteiger charge is 2.01. The summed E-state index contributed by atoms with van der Waals surface area (Å²) in [5.41, 5.74) is 0.560. The monoisotopic (exact) mass is 139 g/mol. The van der Waals surface area contributed by atoms with Crippen LogP contribution >= 0.6 is 0 Å². The average Bonchev–Trinajstić information content (AvgIpc) is 2.34. The summed E-state index contributed by atoms with van der Waals surface area (Å²) in [5, 5.41) is 11.1. The third-order valence-electron chi connectivity index (χ3n) is 1.15. The van der Waals surface area contributed by atoms with Gasteiger partial charge in [0.15, 0.2) is 0 Å². The number of hydrogen-bond donors (Lipinski definition) is 1. The summed E-state index contributed by atoms with van der Waals surface area (Å²) in [4.78, 5) is 0. The molecule has 0 saturated heterocycles. The van der Waals surface area contributed by atoms with E-state index in [1.54, 1.807) is 24.0 Å². The van der Waals surface area contributed by atoms with Crippen LogP contribution in [0, 0.1) is 5.41 Å². The Morgan fingerprint density at radius 1 is 1.80 bits per heavy atom. The fraction of sp³-hybridized carbons (Fsp3) is 0.333. The number of ether oxygens (including phenoxy) is 1. The van der Waals surface area contributed by atoms with E-state index in [4.69, 9.17) is 5.41 Å². The van der Waals surface area contributed by atoms with Crippen molar-refractivity contribution in [2.24, 2.45) is 7.05 Å². The van der Waals surface area contributed by atoms with Crippen molar-refractivity contribution >= 4 is 5.90 Å². The topological polar surface area (TPSA) is 50.9 Å². The predicted molar refractivity (Wildman–Crippen MR) is 37.0 cm³/mol. The molecule has 0 aliphatic rings. The van der Waals surface area contributed by atoms with Gasteiger partial charge in [-0.3, -0.25) is 10.1 Å². The Kier molecular flexibility index (Phi) is 1.71. The number of hydrogen-bond acceptors (Lipinski definition) is 3. The van der Waals surface area contributed by atoms with Crippen molar-refractivity contribution in [3.8, 4) is 0 Å². The molecule has 1 rings (SSSR count). The lowest BCUT2D eigenvalue weighted by Crippen LogP contribution is -2.02. The van der Waals surface area contributed by atoms with Gasteiger partial charge in [0.05, 0.1) is 7.11 Å². The zero-order valence-electron chi connectivity index (χ0n) is 5.96. The van der Waals surface area contributed by atoms with Crippen LogP contribution in [-0.2, 0) is 11.8 Å². The van der Waals surface area contributed by atoms with Gasteiger partial charge in [0.1, 0.15) is 5.69 Å². The highest BCUT2D eigenvalue weighted by Crippen LogP contribution is 1.94. The van der Waals surface area contributed by atoms with Crippen LogP contribution in [0.15, 0.2) is 12.3 Å². The number of methoxy groups -OCH3 is 1. The lowest BCUT2D eigenvalue weighted by atomic mass is 10.4. The maximum atomic E-state index is 7.19. The molecule has 0 amide bonds. The van der Waals surface area contributed by atoms with E-state index in [-0.39, 0.29) is 5.90 Å². The first kappa shape index (κ1) is 6.80. The summed E-state index contributed by atoms with van der Waals surface area (Å²) in [7, 11) is 3.25. The van der Waals surface area contributed by atoms with Gasteiger partial charge in [0.2, 0.25) is 5.90 Å². The normalized spacial score (nSPS) is 9.40. The lowest BCUT2D eigenvalue weighted by molar-refractivity contribution is 0.399. The minimum atomic E-state index is 0.0978. The Bertz CT molecular complexity index is 241. The third-order valence-corrected chi connectivity index (χ3v) is 1.15. The molecule has 1 heterocycles. The van der Waals surface area contributed by atoms with Gasteiger partial charge in [-0.1, -0.05) is 0 Å². The van der Waals surface area contributed by atoms with E-state index in [9.17, 15) is 0 Å². The Labute approximate surface area is 58.9 Å². The van der Waals surface area contributed by atoms with Crippen LogP contribution in [0.1, 0.15) is 5.69 Å². The summed E-state index contributed by atoms with van der Waals surface area (Å²) in [5.74, 6) is 0.0978. The van der Waals surface area contributed by atoms with Crippen LogP contribution in [0.4, 0.5) is 0 Å². The van der Waals surface area contributed by atoms with Crippen molar-refractivity contribution in [3.63, 3.8) is 0 Å². The molecular formula is C6H9N3O. The van der Waals surface area contributed by atoms with Gasteiger partial charge in [0.25, 0.3) is 0 Å². The number of aryl methyl sites for hydroxylation is 1. The van der Waals surface area contributed by atoms with Crippen molar-refractivity contribution < 1.29 is 4.74 Å². The van der Waals surface area contributed by atoms with Crippen LogP contribution < -0.4 is 0 Å². The second-order valence-electron chi connectivity index (χ2n) is 1.91. The second-order valence-corrected chi connectivity index (χ2v) is 1.91. The molecule has 0 aromatic carbocycles. The molecule has 0 fully saturated rings. The van der Waals surface area contributed by atoms with Crippen LogP contribution in [0.2, 0.25) is 0 Å². The summed E-state index contributed by atoms with van der Waals surface area (Å²) in [6, 6.07) is 1.73. The lowest BCUT2D eigenvalue weighted by Gasteiger charge is -1.94. The summed E-state index contributed by atoms with van der Waals surface area (Å²) in [6.45, 7) is 0. The van der Waals surface area contributed by atoms with E-state index in [1.807, 2.05) is 0 Å². The number of nitrogens with zero attached hydrogens (tertiary/aromatic N) is 2. The van der Waals surface area contributed by atoms with Crippen LogP contribution in [0.5, 0.6) is 0 Å².